The molecule has 0 fully saturated rings. The molecule has 3 aromatic rings. The third kappa shape index (κ3) is 3.43. The smallest absolute Gasteiger partial charge is 0.304 e. The molecule has 2 N–H and O–H groups in total. The molecule has 0 aromatic carbocycles. The quantitative estimate of drug-likeness (QED) is 0.519. The molecule has 0 aliphatic carbocycles. The number of anilines is 1. The second-order valence-electron chi connectivity index (χ2n) is 4.88. The number of aromatic amines is 1. The van der Waals surface area contributed by atoms with Crippen molar-refractivity contribution in [1.82, 2.24) is 25.0 Å². The highest BCUT2D eigenvalue weighted by Crippen LogP contribution is 2.16. The Balaban J connectivity index is 1.62. The lowest BCUT2D eigenvalue weighted by Crippen LogP contribution is -2.15. The van der Waals surface area contributed by atoms with E-state index in [1.165, 1.54) is 0 Å². The summed E-state index contributed by atoms with van der Waals surface area (Å²) in [4.78, 5) is 26.4. The van der Waals surface area contributed by atoms with E-state index in [9.17, 15) is 14.9 Å². The first-order valence-corrected chi connectivity index (χ1v) is 7.06. The molecule has 10 nitrogen and oxygen atoms in total. The molecule has 0 aliphatic heterocycles. The van der Waals surface area contributed by atoms with Crippen molar-refractivity contribution in [2.24, 2.45) is 0 Å². The molecule has 0 atom stereocenters. The van der Waals surface area contributed by atoms with E-state index in [4.69, 9.17) is 0 Å². The molecule has 3 heterocycles. The van der Waals surface area contributed by atoms with Crippen LogP contribution in [0.25, 0.3) is 0 Å². The average molecular weight is 327 g/mol. The van der Waals surface area contributed by atoms with Crippen LogP contribution in [0.4, 0.5) is 11.5 Å². The zero-order chi connectivity index (χ0) is 16.9. The van der Waals surface area contributed by atoms with Gasteiger partial charge in [-0.05, 0) is 12.1 Å². The SMILES string of the molecule is O=C(Nc1ccn(CCc2ccccn2)n1)c1[nH]ncc1[N+](=O)[O-]. The largest absolute Gasteiger partial charge is 0.319 e. The molecule has 0 spiro atoms. The van der Waals surface area contributed by atoms with Crippen molar-refractivity contribution >= 4 is 17.4 Å². The molecule has 0 bridgehead atoms. The Hall–Kier alpha value is -3.56. The molecule has 0 radical (unpaired) electrons. The molecule has 3 aromatic heterocycles. The Kier molecular flexibility index (Phi) is 4.27. The molecular weight excluding hydrogens is 314 g/mol. The maximum atomic E-state index is 12.0. The monoisotopic (exact) mass is 327 g/mol. The lowest BCUT2D eigenvalue weighted by Gasteiger charge is -2.02. The van der Waals surface area contributed by atoms with Gasteiger partial charge in [0.15, 0.2) is 5.82 Å². The molecule has 0 saturated heterocycles. The lowest BCUT2D eigenvalue weighted by atomic mass is 10.3. The van der Waals surface area contributed by atoms with Crippen LogP contribution in [0.3, 0.4) is 0 Å². The van der Waals surface area contributed by atoms with E-state index >= 15 is 0 Å². The number of carbonyl (C=O) groups is 1. The summed E-state index contributed by atoms with van der Waals surface area (Å²) in [5.74, 6) is -0.376. The Morgan fingerprint density at radius 2 is 2.25 bits per heavy atom. The maximum absolute atomic E-state index is 12.0. The zero-order valence-electron chi connectivity index (χ0n) is 12.4. The first-order valence-electron chi connectivity index (χ1n) is 7.06. The van der Waals surface area contributed by atoms with Gasteiger partial charge in [-0.3, -0.25) is 29.7 Å². The van der Waals surface area contributed by atoms with Crippen molar-refractivity contribution in [3.63, 3.8) is 0 Å². The number of hydrogen-bond acceptors (Lipinski definition) is 6. The highest BCUT2D eigenvalue weighted by molar-refractivity contribution is 6.04. The normalized spacial score (nSPS) is 10.5. The molecule has 10 heteroatoms. The zero-order valence-corrected chi connectivity index (χ0v) is 12.4. The minimum atomic E-state index is -0.677. The Labute approximate surface area is 135 Å². The highest BCUT2D eigenvalue weighted by Gasteiger charge is 2.23. The van der Waals surface area contributed by atoms with E-state index < -0.39 is 10.8 Å². The van der Waals surface area contributed by atoms with Crippen molar-refractivity contribution in [2.75, 3.05) is 5.32 Å². The van der Waals surface area contributed by atoms with Gasteiger partial charge in [-0.2, -0.15) is 10.2 Å². The predicted octanol–water partition coefficient (Wildman–Crippen LogP) is 1.40. The summed E-state index contributed by atoms with van der Waals surface area (Å²) in [5.41, 5.74) is 0.330. The van der Waals surface area contributed by atoms with Gasteiger partial charge in [0.05, 0.1) is 4.92 Å². The van der Waals surface area contributed by atoms with E-state index in [1.807, 2.05) is 18.2 Å². The number of nitrogens with one attached hydrogen (secondary N) is 2. The molecule has 24 heavy (non-hydrogen) atoms. The van der Waals surface area contributed by atoms with Crippen molar-refractivity contribution in [3.05, 3.63) is 64.4 Å². The minimum Gasteiger partial charge on any atom is -0.304 e. The highest BCUT2D eigenvalue weighted by atomic mass is 16.6. The van der Waals surface area contributed by atoms with Crippen LogP contribution in [-0.2, 0) is 13.0 Å². The van der Waals surface area contributed by atoms with E-state index in [2.05, 4.69) is 25.6 Å². The van der Waals surface area contributed by atoms with Crippen LogP contribution in [0.1, 0.15) is 16.2 Å². The molecule has 0 saturated carbocycles. The summed E-state index contributed by atoms with van der Waals surface area (Å²) in [7, 11) is 0. The molecular formula is C14H13N7O3. The van der Waals surface area contributed by atoms with Crippen LogP contribution < -0.4 is 5.32 Å². The van der Waals surface area contributed by atoms with E-state index in [0.29, 0.717) is 18.8 Å². The van der Waals surface area contributed by atoms with Gasteiger partial charge in [0.2, 0.25) is 5.69 Å². The topological polar surface area (TPSA) is 132 Å². The van der Waals surface area contributed by atoms with Gasteiger partial charge in [0.1, 0.15) is 6.20 Å². The van der Waals surface area contributed by atoms with Gasteiger partial charge in [-0.15, -0.1) is 0 Å². The van der Waals surface area contributed by atoms with Crippen LogP contribution in [0.2, 0.25) is 0 Å². The average Bonchev–Trinajstić information content (AvgIpc) is 3.23. The Morgan fingerprint density at radius 3 is 3.00 bits per heavy atom. The molecule has 0 unspecified atom stereocenters. The predicted molar refractivity (Wildman–Crippen MR) is 83.4 cm³/mol. The van der Waals surface area contributed by atoms with E-state index in [-0.39, 0.29) is 11.4 Å². The second kappa shape index (κ2) is 6.69. The first-order chi connectivity index (χ1) is 11.6. The molecule has 0 aliphatic rings. The maximum Gasteiger partial charge on any atom is 0.319 e. The number of carbonyl (C=O) groups excluding carboxylic acids is 1. The van der Waals surface area contributed by atoms with Crippen LogP contribution in [0.5, 0.6) is 0 Å². The Morgan fingerprint density at radius 1 is 1.38 bits per heavy atom. The van der Waals surface area contributed by atoms with Crippen LogP contribution in [0, 0.1) is 10.1 Å². The fourth-order valence-corrected chi connectivity index (χ4v) is 2.09. The third-order valence-corrected chi connectivity index (χ3v) is 3.25. The molecule has 122 valence electrons. The number of nitro groups is 1. The van der Waals surface area contributed by atoms with Crippen LogP contribution in [0.15, 0.2) is 42.9 Å². The fraction of sp³-hybridized carbons (Fsp3) is 0.143. The number of hydrogen-bond donors (Lipinski definition) is 2. The summed E-state index contributed by atoms with van der Waals surface area (Å²) in [6, 6.07) is 7.29. The van der Waals surface area contributed by atoms with Crippen molar-refractivity contribution in [2.45, 2.75) is 13.0 Å². The number of H-pyrrole nitrogens is 1. The number of amides is 1. The van der Waals surface area contributed by atoms with Crippen molar-refractivity contribution in [1.29, 1.82) is 0 Å². The van der Waals surface area contributed by atoms with Gasteiger partial charge in [0, 0.05) is 37.1 Å². The molecule has 1 amide bonds. The minimum absolute atomic E-state index is 0.219. The van der Waals surface area contributed by atoms with Gasteiger partial charge in [-0.25, -0.2) is 0 Å². The summed E-state index contributed by atoms with van der Waals surface area (Å²) < 4.78 is 1.66. The van der Waals surface area contributed by atoms with Gasteiger partial charge >= 0.3 is 5.69 Å². The number of pyridine rings is 1. The van der Waals surface area contributed by atoms with Crippen molar-refractivity contribution < 1.29 is 9.72 Å². The van der Waals surface area contributed by atoms with Gasteiger partial charge in [0.25, 0.3) is 5.91 Å². The van der Waals surface area contributed by atoms with Crippen molar-refractivity contribution in [3.8, 4) is 0 Å². The van der Waals surface area contributed by atoms with E-state index in [1.54, 1.807) is 23.1 Å². The summed E-state index contributed by atoms with van der Waals surface area (Å²) in [6.45, 7) is 0.594. The van der Waals surface area contributed by atoms with Gasteiger partial charge in [-0.1, -0.05) is 6.07 Å². The lowest BCUT2D eigenvalue weighted by molar-refractivity contribution is -0.385. The van der Waals surface area contributed by atoms with Crippen LogP contribution in [-0.4, -0.2) is 35.8 Å². The Bertz CT molecular complexity index is 856. The van der Waals surface area contributed by atoms with Gasteiger partial charge < -0.3 is 5.32 Å². The third-order valence-electron chi connectivity index (χ3n) is 3.25. The summed E-state index contributed by atoms with van der Waals surface area (Å²) >= 11 is 0. The fourth-order valence-electron chi connectivity index (χ4n) is 2.09. The molecule has 3 rings (SSSR count). The summed E-state index contributed by atoms with van der Waals surface area (Å²) in [5, 5.41) is 23.3. The number of rotatable bonds is 6. The number of aromatic nitrogens is 5. The standard InChI is InChI=1S/C14H13N7O3/c22-14(13-11(21(23)24)9-16-18-13)17-12-5-8-20(19-12)7-4-10-3-1-2-6-15-10/h1-3,5-6,8-9H,4,7H2,(H,16,18)(H,17,19,22). The van der Waals surface area contributed by atoms with Crippen LogP contribution >= 0.6 is 0 Å². The second-order valence-corrected chi connectivity index (χ2v) is 4.88. The summed E-state index contributed by atoms with van der Waals surface area (Å²) in [6.07, 6.45) is 5.11. The number of aryl methyl sites for hydroxylation is 2. The number of nitrogens with zero attached hydrogens (tertiary/aromatic N) is 5. The first kappa shape index (κ1) is 15.3. The van der Waals surface area contributed by atoms with E-state index in [0.717, 1.165) is 11.9 Å².